The molecule has 1 aliphatic heterocycles. The highest BCUT2D eigenvalue weighted by atomic mass is 35.5. The maximum absolute atomic E-state index is 13.5. The van der Waals surface area contributed by atoms with Gasteiger partial charge in [0.1, 0.15) is 0 Å². The molecule has 0 aliphatic carbocycles. The first kappa shape index (κ1) is 24.9. The van der Waals surface area contributed by atoms with Gasteiger partial charge >= 0.3 is 12.1 Å². The fourth-order valence-electron chi connectivity index (χ4n) is 2.90. The van der Waals surface area contributed by atoms with E-state index < -0.39 is 35.9 Å². The third-order valence-corrected chi connectivity index (χ3v) is 5.75. The average molecular weight is 518 g/mol. The Balaban J connectivity index is 1.95. The quantitative estimate of drug-likeness (QED) is 0.377. The van der Waals surface area contributed by atoms with Gasteiger partial charge in [-0.15, -0.1) is 0 Å². The maximum Gasteiger partial charge on any atom is 0.418 e. The lowest BCUT2D eigenvalue weighted by Gasteiger charge is -2.20. The van der Waals surface area contributed by atoms with Crippen LogP contribution < -0.4 is 14.4 Å². The van der Waals surface area contributed by atoms with E-state index in [0.29, 0.717) is 5.56 Å². The highest BCUT2D eigenvalue weighted by Crippen LogP contribution is 2.43. The largest absolute Gasteiger partial charge is 0.490 e. The molecular formula is C21H15ClF3NO5S2. The van der Waals surface area contributed by atoms with Gasteiger partial charge in [0.15, 0.2) is 22.4 Å². The smallest absolute Gasteiger partial charge is 0.418 e. The topological polar surface area (TPSA) is 76.1 Å². The molecule has 0 radical (unpaired) electrons. The molecule has 6 nitrogen and oxygen atoms in total. The Morgan fingerprint density at radius 1 is 1.21 bits per heavy atom. The summed E-state index contributed by atoms with van der Waals surface area (Å²) in [6.45, 7) is 1.43. The Kier molecular flexibility index (Phi) is 7.55. The molecule has 1 amide bonds. The van der Waals surface area contributed by atoms with Crippen molar-refractivity contribution >= 4 is 63.5 Å². The number of hydrogen-bond donors (Lipinski definition) is 1. The summed E-state index contributed by atoms with van der Waals surface area (Å²) >= 11 is 11.8. The Labute approximate surface area is 200 Å². The van der Waals surface area contributed by atoms with Crippen molar-refractivity contribution < 1.29 is 37.3 Å². The number of halogens is 4. The van der Waals surface area contributed by atoms with E-state index in [0.717, 1.165) is 28.8 Å². The zero-order valence-electron chi connectivity index (χ0n) is 16.8. The summed E-state index contributed by atoms with van der Waals surface area (Å²) in [5.74, 6) is -1.44. The number of carboxylic acids is 1. The van der Waals surface area contributed by atoms with E-state index in [2.05, 4.69) is 0 Å². The molecule has 1 fully saturated rings. The van der Waals surface area contributed by atoms with Gasteiger partial charge in [0.05, 0.1) is 22.8 Å². The lowest BCUT2D eigenvalue weighted by molar-refractivity contribution is -0.139. The van der Waals surface area contributed by atoms with Gasteiger partial charge in [0.2, 0.25) is 0 Å². The van der Waals surface area contributed by atoms with E-state index in [9.17, 15) is 22.8 Å². The van der Waals surface area contributed by atoms with Gasteiger partial charge in [-0.1, -0.05) is 41.6 Å². The SMILES string of the molecule is CCOc1cc(/C=C2/SC(=S)N(c3ccc(Cl)cc3C(F)(F)F)C2=O)ccc1OCC(=O)O. The van der Waals surface area contributed by atoms with Crippen molar-refractivity contribution in [1.82, 2.24) is 0 Å². The van der Waals surface area contributed by atoms with Crippen LogP contribution in [0, 0.1) is 0 Å². The van der Waals surface area contributed by atoms with Crippen LogP contribution in [-0.2, 0) is 15.8 Å². The van der Waals surface area contributed by atoms with Crippen molar-refractivity contribution in [3.63, 3.8) is 0 Å². The number of aliphatic carboxylic acids is 1. The highest BCUT2D eigenvalue weighted by molar-refractivity contribution is 8.27. The summed E-state index contributed by atoms with van der Waals surface area (Å²) in [5, 5.41) is 8.66. The van der Waals surface area contributed by atoms with Crippen LogP contribution in [-0.4, -0.2) is 34.5 Å². The molecule has 1 heterocycles. The molecule has 0 unspecified atom stereocenters. The fourth-order valence-corrected chi connectivity index (χ4v) is 4.36. The van der Waals surface area contributed by atoms with Crippen LogP contribution in [0.2, 0.25) is 5.02 Å². The highest BCUT2D eigenvalue weighted by Gasteiger charge is 2.41. The van der Waals surface area contributed by atoms with Gasteiger partial charge in [-0.2, -0.15) is 13.2 Å². The van der Waals surface area contributed by atoms with Crippen LogP contribution in [0.5, 0.6) is 11.5 Å². The summed E-state index contributed by atoms with van der Waals surface area (Å²) in [4.78, 5) is 24.6. The zero-order valence-corrected chi connectivity index (χ0v) is 19.2. The van der Waals surface area contributed by atoms with Crippen LogP contribution in [0.4, 0.5) is 18.9 Å². The number of ether oxygens (including phenoxy) is 2. The van der Waals surface area contributed by atoms with E-state index >= 15 is 0 Å². The van der Waals surface area contributed by atoms with Gasteiger partial charge in [-0.05, 0) is 48.9 Å². The third kappa shape index (κ3) is 5.79. The second-order valence-corrected chi connectivity index (χ2v) is 8.61. The predicted octanol–water partition coefficient (Wildman–Crippen LogP) is 5.63. The maximum atomic E-state index is 13.5. The number of amides is 1. The Bertz CT molecular complexity index is 1150. The van der Waals surface area contributed by atoms with Crippen molar-refractivity contribution in [3.8, 4) is 11.5 Å². The number of carbonyl (C=O) groups excluding carboxylic acids is 1. The number of benzene rings is 2. The first-order valence-corrected chi connectivity index (χ1v) is 10.9. The van der Waals surface area contributed by atoms with Crippen molar-refractivity contribution in [2.24, 2.45) is 0 Å². The number of thiocarbonyl (C=S) groups is 1. The number of nitrogens with zero attached hydrogens (tertiary/aromatic N) is 1. The number of rotatable bonds is 7. The summed E-state index contributed by atoms with van der Waals surface area (Å²) in [6.07, 6.45) is -3.29. The second kappa shape index (κ2) is 10.0. The van der Waals surface area contributed by atoms with Gasteiger partial charge < -0.3 is 14.6 Å². The minimum Gasteiger partial charge on any atom is -0.490 e. The van der Waals surface area contributed by atoms with E-state index in [1.54, 1.807) is 13.0 Å². The molecule has 0 aromatic heterocycles. The van der Waals surface area contributed by atoms with Crippen LogP contribution in [0.3, 0.4) is 0 Å². The molecule has 3 rings (SSSR count). The Morgan fingerprint density at radius 3 is 2.58 bits per heavy atom. The summed E-state index contributed by atoms with van der Waals surface area (Å²) in [6, 6.07) is 7.64. The molecule has 2 aromatic carbocycles. The summed E-state index contributed by atoms with van der Waals surface area (Å²) in [5.41, 5.74) is -1.01. The van der Waals surface area contributed by atoms with Gasteiger partial charge in [0, 0.05) is 5.02 Å². The molecule has 1 aliphatic rings. The van der Waals surface area contributed by atoms with Crippen LogP contribution in [0.1, 0.15) is 18.1 Å². The lowest BCUT2D eigenvalue weighted by Crippen LogP contribution is -2.29. The summed E-state index contributed by atoms with van der Waals surface area (Å²) in [7, 11) is 0. The van der Waals surface area contributed by atoms with Crippen molar-refractivity contribution in [2.45, 2.75) is 13.1 Å². The van der Waals surface area contributed by atoms with E-state index in [1.807, 2.05) is 0 Å². The molecule has 0 bridgehead atoms. The Hall–Kier alpha value is -2.76. The zero-order chi connectivity index (χ0) is 24.3. The molecule has 2 aromatic rings. The number of carboxylic acid groups (broad SMARTS) is 1. The number of thioether (sulfide) groups is 1. The van der Waals surface area contributed by atoms with Crippen molar-refractivity contribution in [2.75, 3.05) is 18.1 Å². The van der Waals surface area contributed by atoms with Crippen LogP contribution in [0.25, 0.3) is 6.08 Å². The predicted molar refractivity (Wildman–Crippen MR) is 123 cm³/mol. The minimum absolute atomic E-state index is 0.0643. The number of carbonyl (C=O) groups is 2. The number of alkyl halides is 3. The van der Waals surface area contributed by atoms with E-state index in [-0.39, 0.29) is 32.4 Å². The molecule has 12 heteroatoms. The van der Waals surface area contributed by atoms with Crippen molar-refractivity contribution in [1.29, 1.82) is 0 Å². The second-order valence-electron chi connectivity index (χ2n) is 6.50. The van der Waals surface area contributed by atoms with E-state index in [4.69, 9.17) is 38.4 Å². The molecular weight excluding hydrogens is 503 g/mol. The monoisotopic (exact) mass is 517 g/mol. The molecule has 33 heavy (non-hydrogen) atoms. The van der Waals surface area contributed by atoms with Gasteiger partial charge in [0.25, 0.3) is 5.91 Å². The normalized spacial score (nSPS) is 15.3. The lowest BCUT2D eigenvalue weighted by atomic mass is 10.1. The fraction of sp³-hybridized carbons (Fsp3) is 0.190. The van der Waals surface area contributed by atoms with Crippen LogP contribution in [0.15, 0.2) is 41.3 Å². The molecule has 0 atom stereocenters. The number of anilines is 1. The third-order valence-electron chi connectivity index (χ3n) is 4.22. The van der Waals surface area contributed by atoms with Crippen molar-refractivity contribution in [3.05, 3.63) is 57.5 Å². The summed E-state index contributed by atoms with van der Waals surface area (Å²) < 4.78 is 51.2. The Morgan fingerprint density at radius 2 is 1.94 bits per heavy atom. The molecule has 1 saturated heterocycles. The molecule has 0 spiro atoms. The van der Waals surface area contributed by atoms with Gasteiger partial charge in [-0.3, -0.25) is 9.69 Å². The molecule has 0 saturated carbocycles. The number of hydrogen-bond acceptors (Lipinski definition) is 6. The van der Waals surface area contributed by atoms with Gasteiger partial charge in [-0.25, -0.2) is 4.79 Å². The first-order chi connectivity index (χ1) is 15.5. The minimum atomic E-state index is -4.74. The molecule has 1 N–H and O–H groups in total. The standard InChI is InChI=1S/C21H15ClF3NO5S2/c1-2-30-16-7-11(3-6-15(16)31-10-18(27)28)8-17-19(29)26(20(32)33-17)14-5-4-12(22)9-13(14)21(23,24)25/h3-9H,2,10H2,1H3,(H,27,28)/b17-8+. The van der Waals surface area contributed by atoms with Crippen LogP contribution >= 0.6 is 35.6 Å². The average Bonchev–Trinajstić information content (AvgIpc) is 3.00. The molecule has 174 valence electrons. The first-order valence-electron chi connectivity index (χ1n) is 9.27. The van der Waals surface area contributed by atoms with E-state index in [1.165, 1.54) is 24.3 Å².